The number of nitrogens with zero attached hydrogens (tertiary/aromatic N) is 4. The molecule has 1 fully saturated rings. The highest BCUT2D eigenvalue weighted by molar-refractivity contribution is 7.10. The van der Waals surface area contributed by atoms with Crippen molar-refractivity contribution >= 4 is 17.2 Å². The zero-order chi connectivity index (χ0) is 21.3. The normalized spacial score (nSPS) is 18.2. The molecule has 0 spiro atoms. The van der Waals surface area contributed by atoms with Crippen molar-refractivity contribution in [3.8, 4) is 5.75 Å². The molecular formula is C22H30N4O3S. The summed E-state index contributed by atoms with van der Waals surface area (Å²) in [5, 5.41) is 2.12. The van der Waals surface area contributed by atoms with Gasteiger partial charge in [0.15, 0.2) is 0 Å². The lowest BCUT2D eigenvalue weighted by Crippen LogP contribution is -2.47. The number of hydrogen-bond donors (Lipinski definition) is 0. The third-order valence-electron chi connectivity index (χ3n) is 6.25. The first-order valence-electron chi connectivity index (χ1n) is 10.5. The van der Waals surface area contributed by atoms with Crippen molar-refractivity contribution in [3.63, 3.8) is 0 Å². The third kappa shape index (κ3) is 4.17. The molecule has 0 N–H and O–H groups in total. The van der Waals surface area contributed by atoms with Gasteiger partial charge >= 0.3 is 0 Å². The number of rotatable bonds is 4. The summed E-state index contributed by atoms with van der Waals surface area (Å²) < 4.78 is 7.30. The predicted octanol–water partition coefficient (Wildman–Crippen LogP) is 1.67. The number of hydrogen-bond acceptors (Lipinski definition) is 6. The van der Waals surface area contributed by atoms with E-state index in [1.165, 1.54) is 23.6 Å². The molecule has 2 aromatic rings. The number of ether oxygens (including phenoxy) is 1. The van der Waals surface area contributed by atoms with Crippen molar-refractivity contribution in [2.75, 3.05) is 53.4 Å². The SMILES string of the molecule is COc1cc(=O)n2c(c1C(=O)N1CCN(C)CC1)CCN(Cc1sccc1C)CC2. The first-order chi connectivity index (χ1) is 14.5. The summed E-state index contributed by atoms with van der Waals surface area (Å²) in [6, 6.07) is 3.63. The maximum absolute atomic E-state index is 13.5. The van der Waals surface area contributed by atoms with E-state index in [-0.39, 0.29) is 11.5 Å². The first kappa shape index (κ1) is 21.1. The van der Waals surface area contributed by atoms with Crippen LogP contribution in [0.25, 0.3) is 0 Å². The summed E-state index contributed by atoms with van der Waals surface area (Å²) in [6.45, 7) is 8.32. The van der Waals surface area contributed by atoms with Gasteiger partial charge in [-0.15, -0.1) is 11.3 Å². The number of aryl methyl sites for hydroxylation is 1. The predicted molar refractivity (Wildman–Crippen MR) is 119 cm³/mol. The van der Waals surface area contributed by atoms with Crippen LogP contribution in [0.3, 0.4) is 0 Å². The molecular weight excluding hydrogens is 400 g/mol. The molecule has 30 heavy (non-hydrogen) atoms. The van der Waals surface area contributed by atoms with Gasteiger partial charge in [0.1, 0.15) is 11.3 Å². The average Bonchev–Trinajstić information content (AvgIpc) is 3.02. The van der Waals surface area contributed by atoms with Crippen LogP contribution in [-0.2, 0) is 19.5 Å². The van der Waals surface area contributed by atoms with E-state index in [9.17, 15) is 9.59 Å². The van der Waals surface area contributed by atoms with Crippen molar-refractivity contribution in [2.24, 2.45) is 0 Å². The molecule has 0 radical (unpaired) electrons. The molecule has 1 saturated heterocycles. The van der Waals surface area contributed by atoms with E-state index in [0.717, 1.165) is 38.4 Å². The van der Waals surface area contributed by atoms with Gasteiger partial charge in [0, 0.05) is 75.4 Å². The molecule has 1 amide bonds. The zero-order valence-electron chi connectivity index (χ0n) is 18.0. The topological polar surface area (TPSA) is 58.0 Å². The smallest absolute Gasteiger partial charge is 0.259 e. The van der Waals surface area contributed by atoms with E-state index in [2.05, 4.69) is 35.2 Å². The highest BCUT2D eigenvalue weighted by Crippen LogP contribution is 2.26. The second kappa shape index (κ2) is 8.91. The fourth-order valence-corrected chi connectivity index (χ4v) is 5.23. The molecule has 162 valence electrons. The molecule has 2 aromatic heterocycles. The van der Waals surface area contributed by atoms with Crippen molar-refractivity contribution in [1.82, 2.24) is 19.3 Å². The molecule has 0 atom stereocenters. The van der Waals surface area contributed by atoms with Crippen LogP contribution in [0.5, 0.6) is 5.75 Å². The van der Waals surface area contributed by atoms with Gasteiger partial charge in [-0.3, -0.25) is 14.5 Å². The van der Waals surface area contributed by atoms with Crippen LogP contribution in [0, 0.1) is 6.92 Å². The lowest BCUT2D eigenvalue weighted by Gasteiger charge is -2.33. The minimum atomic E-state index is -0.0917. The van der Waals surface area contributed by atoms with Gasteiger partial charge in [0.05, 0.1) is 7.11 Å². The Hall–Kier alpha value is -2.16. The minimum Gasteiger partial charge on any atom is -0.496 e. The molecule has 0 unspecified atom stereocenters. The fraction of sp³-hybridized carbons (Fsp3) is 0.545. The molecule has 0 aliphatic carbocycles. The summed E-state index contributed by atoms with van der Waals surface area (Å²) in [5.74, 6) is 0.379. The Morgan fingerprint density at radius 2 is 1.90 bits per heavy atom. The number of methoxy groups -OCH3 is 1. The molecule has 7 nitrogen and oxygen atoms in total. The number of carbonyl (C=O) groups is 1. The van der Waals surface area contributed by atoms with Crippen molar-refractivity contribution in [2.45, 2.75) is 26.4 Å². The van der Waals surface area contributed by atoms with Crippen LogP contribution in [0.1, 0.15) is 26.5 Å². The highest BCUT2D eigenvalue weighted by Gasteiger charge is 2.29. The monoisotopic (exact) mass is 430 g/mol. The lowest BCUT2D eigenvalue weighted by molar-refractivity contribution is 0.0658. The van der Waals surface area contributed by atoms with Crippen LogP contribution in [0.2, 0.25) is 0 Å². The number of carbonyl (C=O) groups excluding carboxylic acids is 1. The number of thiophene rings is 1. The lowest BCUT2D eigenvalue weighted by atomic mass is 10.1. The van der Waals surface area contributed by atoms with Crippen molar-refractivity contribution < 1.29 is 9.53 Å². The van der Waals surface area contributed by atoms with E-state index >= 15 is 0 Å². The van der Waals surface area contributed by atoms with E-state index in [4.69, 9.17) is 4.74 Å². The van der Waals surface area contributed by atoms with Crippen molar-refractivity contribution in [3.05, 3.63) is 49.6 Å². The van der Waals surface area contributed by atoms with Crippen LogP contribution in [0.4, 0.5) is 0 Å². The maximum atomic E-state index is 13.5. The molecule has 0 bridgehead atoms. The molecule has 8 heteroatoms. The molecule has 2 aliphatic rings. The summed E-state index contributed by atoms with van der Waals surface area (Å²) in [6.07, 6.45) is 0.658. The van der Waals surface area contributed by atoms with E-state index in [1.54, 1.807) is 15.9 Å². The van der Waals surface area contributed by atoms with Crippen LogP contribution < -0.4 is 10.3 Å². The van der Waals surface area contributed by atoms with E-state index < -0.39 is 0 Å². The van der Waals surface area contributed by atoms with Crippen molar-refractivity contribution in [1.29, 1.82) is 0 Å². The Morgan fingerprint density at radius 3 is 2.57 bits per heavy atom. The highest BCUT2D eigenvalue weighted by atomic mass is 32.1. The van der Waals surface area contributed by atoms with Gasteiger partial charge in [-0.1, -0.05) is 0 Å². The summed E-state index contributed by atoms with van der Waals surface area (Å²) in [4.78, 5) is 34.1. The minimum absolute atomic E-state index is 0.0220. The average molecular weight is 431 g/mol. The second-order valence-corrected chi connectivity index (χ2v) is 9.17. The van der Waals surface area contributed by atoms with E-state index in [1.807, 2.05) is 4.90 Å². The molecule has 4 heterocycles. The standard InChI is InChI=1S/C22H30N4O3S/c1-16-5-13-30-19(16)15-24-6-4-17-21(22(28)25-10-7-23(2)8-11-25)18(29-3)14-20(27)26(17)12-9-24/h5,13-14H,4,6-12,15H2,1-3H3. The maximum Gasteiger partial charge on any atom is 0.259 e. The number of piperazine rings is 1. The van der Waals surface area contributed by atoms with Gasteiger partial charge in [-0.25, -0.2) is 0 Å². The number of aromatic nitrogens is 1. The van der Waals surface area contributed by atoms with Gasteiger partial charge in [0.25, 0.3) is 11.5 Å². The number of amides is 1. The Kier molecular flexibility index (Phi) is 6.26. The summed E-state index contributed by atoms with van der Waals surface area (Å²) in [7, 11) is 3.61. The number of fused-ring (bicyclic) bond motifs is 1. The first-order valence-corrected chi connectivity index (χ1v) is 11.4. The largest absolute Gasteiger partial charge is 0.496 e. The quantitative estimate of drug-likeness (QED) is 0.739. The van der Waals surface area contributed by atoms with Gasteiger partial charge in [-0.2, -0.15) is 0 Å². The van der Waals surface area contributed by atoms with Gasteiger partial charge < -0.3 is 19.1 Å². The number of pyridine rings is 1. The Morgan fingerprint density at radius 1 is 1.13 bits per heavy atom. The van der Waals surface area contributed by atoms with Crippen LogP contribution in [-0.4, -0.2) is 78.6 Å². The fourth-order valence-electron chi connectivity index (χ4n) is 4.28. The summed E-state index contributed by atoms with van der Waals surface area (Å²) in [5.41, 5.74) is 2.60. The third-order valence-corrected chi connectivity index (χ3v) is 7.25. The molecule has 0 saturated carbocycles. The second-order valence-electron chi connectivity index (χ2n) is 8.17. The Balaban J connectivity index is 1.63. The van der Waals surface area contributed by atoms with E-state index in [0.29, 0.717) is 37.4 Å². The number of likely N-dealkylation sites (N-methyl/N-ethyl adjacent to an activating group) is 1. The Labute approximate surface area is 181 Å². The Bertz CT molecular complexity index is 975. The molecule has 4 rings (SSSR count). The van der Waals surface area contributed by atoms with Crippen LogP contribution in [0.15, 0.2) is 22.3 Å². The molecule has 0 aromatic carbocycles. The molecule has 2 aliphatic heterocycles. The van der Waals surface area contributed by atoms with Gasteiger partial charge in [0.2, 0.25) is 0 Å². The zero-order valence-corrected chi connectivity index (χ0v) is 18.8. The van der Waals surface area contributed by atoms with Gasteiger partial charge in [-0.05, 0) is 31.0 Å². The van der Waals surface area contributed by atoms with Crippen LogP contribution >= 0.6 is 11.3 Å². The summed E-state index contributed by atoms with van der Waals surface area (Å²) >= 11 is 1.78.